The SMILES string of the molecule is Cc1c(NC(=O)NCC(=O)NC2CC2)cccc1C(=O)O. The number of carbonyl (C=O) groups is 3. The van der Waals surface area contributed by atoms with Crippen LogP contribution in [0.5, 0.6) is 0 Å². The van der Waals surface area contributed by atoms with Crippen molar-refractivity contribution in [2.75, 3.05) is 11.9 Å². The van der Waals surface area contributed by atoms with Crippen LogP contribution in [-0.2, 0) is 4.79 Å². The fourth-order valence-electron chi connectivity index (χ4n) is 1.84. The van der Waals surface area contributed by atoms with E-state index in [4.69, 9.17) is 5.11 Å². The summed E-state index contributed by atoms with van der Waals surface area (Å²) < 4.78 is 0. The lowest BCUT2D eigenvalue weighted by Gasteiger charge is -2.11. The van der Waals surface area contributed by atoms with Crippen LogP contribution >= 0.6 is 0 Å². The first-order chi connectivity index (χ1) is 9.97. The summed E-state index contributed by atoms with van der Waals surface area (Å²) in [6, 6.07) is 4.31. The lowest BCUT2D eigenvalue weighted by Crippen LogP contribution is -2.39. The van der Waals surface area contributed by atoms with Crippen LogP contribution in [-0.4, -0.2) is 35.6 Å². The summed E-state index contributed by atoms with van der Waals surface area (Å²) in [5, 5.41) is 16.7. The van der Waals surface area contributed by atoms with Crippen molar-refractivity contribution < 1.29 is 19.5 Å². The average molecular weight is 291 g/mol. The van der Waals surface area contributed by atoms with Gasteiger partial charge >= 0.3 is 12.0 Å². The van der Waals surface area contributed by atoms with Crippen LogP contribution in [0.2, 0.25) is 0 Å². The molecule has 0 aliphatic heterocycles. The van der Waals surface area contributed by atoms with E-state index in [0.29, 0.717) is 11.3 Å². The molecule has 112 valence electrons. The quantitative estimate of drug-likeness (QED) is 0.651. The van der Waals surface area contributed by atoms with Crippen molar-refractivity contribution >= 4 is 23.6 Å². The molecule has 0 atom stereocenters. The van der Waals surface area contributed by atoms with Gasteiger partial charge in [-0.1, -0.05) is 6.07 Å². The Hall–Kier alpha value is -2.57. The first-order valence-electron chi connectivity index (χ1n) is 6.64. The molecular weight excluding hydrogens is 274 g/mol. The van der Waals surface area contributed by atoms with Crippen LogP contribution < -0.4 is 16.0 Å². The van der Waals surface area contributed by atoms with Crippen molar-refractivity contribution in [2.24, 2.45) is 0 Å². The van der Waals surface area contributed by atoms with Gasteiger partial charge in [-0.25, -0.2) is 9.59 Å². The Morgan fingerprint density at radius 3 is 2.62 bits per heavy atom. The van der Waals surface area contributed by atoms with Gasteiger partial charge < -0.3 is 21.1 Å². The number of anilines is 1. The van der Waals surface area contributed by atoms with Gasteiger partial charge in [0.25, 0.3) is 0 Å². The van der Waals surface area contributed by atoms with E-state index in [-0.39, 0.29) is 24.1 Å². The summed E-state index contributed by atoms with van der Waals surface area (Å²) >= 11 is 0. The predicted octanol–water partition coefficient (Wildman–Crippen LogP) is 1.09. The molecule has 1 aliphatic carbocycles. The molecule has 2 rings (SSSR count). The van der Waals surface area contributed by atoms with Gasteiger partial charge in [-0.15, -0.1) is 0 Å². The van der Waals surface area contributed by atoms with Crippen LogP contribution in [0.4, 0.5) is 10.5 Å². The maximum Gasteiger partial charge on any atom is 0.336 e. The van der Waals surface area contributed by atoms with Crippen LogP contribution in [0.15, 0.2) is 18.2 Å². The van der Waals surface area contributed by atoms with E-state index in [1.165, 1.54) is 6.07 Å². The number of aromatic carboxylic acids is 1. The molecule has 1 aromatic rings. The average Bonchev–Trinajstić information content (AvgIpc) is 3.22. The topological polar surface area (TPSA) is 108 Å². The fourth-order valence-corrected chi connectivity index (χ4v) is 1.84. The van der Waals surface area contributed by atoms with E-state index in [1.807, 2.05) is 0 Å². The molecular formula is C14H17N3O4. The van der Waals surface area contributed by atoms with Crippen molar-refractivity contribution in [3.63, 3.8) is 0 Å². The molecule has 1 saturated carbocycles. The molecule has 1 aromatic carbocycles. The maximum atomic E-state index is 11.7. The molecule has 1 aliphatic rings. The van der Waals surface area contributed by atoms with Gasteiger partial charge in [0, 0.05) is 11.7 Å². The van der Waals surface area contributed by atoms with Crippen molar-refractivity contribution in [3.05, 3.63) is 29.3 Å². The van der Waals surface area contributed by atoms with Crippen molar-refractivity contribution in [1.29, 1.82) is 0 Å². The lowest BCUT2D eigenvalue weighted by atomic mass is 10.1. The zero-order valence-corrected chi connectivity index (χ0v) is 11.6. The van der Waals surface area contributed by atoms with E-state index >= 15 is 0 Å². The van der Waals surface area contributed by atoms with Crippen molar-refractivity contribution in [1.82, 2.24) is 10.6 Å². The smallest absolute Gasteiger partial charge is 0.336 e. The van der Waals surface area contributed by atoms with Crippen LogP contribution in [0, 0.1) is 6.92 Å². The monoisotopic (exact) mass is 291 g/mol. The van der Waals surface area contributed by atoms with Gasteiger partial charge in [0.2, 0.25) is 5.91 Å². The minimum Gasteiger partial charge on any atom is -0.478 e. The normalized spacial score (nSPS) is 13.4. The molecule has 7 heteroatoms. The third-order valence-corrected chi connectivity index (χ3v) is 3.16. The molecule has 7 nitrogen and oxygen atoms in total. The van der Waals surface area contributed by atoms with Gasteiger partial charge in [-0.2, -0.15) is 0 Å². The zero-order chi connectivity index (χ0) is 15.4. The molecule has 1 fully saturated rings. The number of carboxylic acid groups (broad SMARTS) is 1. The Labute approximate surface area is 121 Å². The molecule has 0 unspecified atom stereocenters. The number of hydrogen-bond acceptors (Lipinski definition) is 3. The number of nitrogens with one attached hydrogen (secondary N) is 3. The maximum absolute atomic E-state index is 11.7. The Morgan fingerprint density at radius 1 is 1.29 bits per heavy atom. The second-order valence-electron chi connectivity index (χ2n) is 4.93. The summed E-state index contributed by atoms with van der Waals surface area (Å²) in [6.07, 6.45) is 1.97. The minimum atomic E-state index is -1.06. The molecule has 0 saturated heterocycles. The predicted molar refractivity (Wildman–Crippen MR) is 76.3 cm³/mol. The molecule has 0 radical (unpaired) electrons. The van der Waals surface area contributed by atoms with Gasteiger partial charge in [0.1, 0.15) is 0 Å². The highest BCUT2D eigenvalue weighted by Gasteiger charge is 2.23. The number of urea groups is 1. The number of carboxylic acids is 1. The first-order valence-corrected chi connectivity index (χ1v) is 6.64. The van der Waals surface area contributed by atoms with Crippen LogP contribution in [0.25, 0.3) is 0 Å². The van der Waals surface area contributed by atoms with Crippen molar-refractivity contribution in [2.45, 2.75) is 25.8 Å². The highest BCUT2D eigenvalue weighted by atomic mass is 16.4. The van der Waals surface area contributed by atoms with Gasteiger partial charge in [0.05, 0.1) is 12.1 Å². The van der Waals surface area contributed by atoms with Gasteiger partial charge in [0.15, 0.2) is 0 Å². The lowest BCUT2D eigenvalue weighted by molar-refractivity contribution is -0.120. The Balaban J connectivity index is 1.88. The fraction of sp³-hybridized carbons (Fsp3) is 0.357. The third kappa shape index (κ3) is 4.20. The molecule has 0 bridgehead atoms. The molecule has 21 heavy (non-hydrogen) atoms. The van der Waals surface area contributed by atoms with E-state index in [0.717, 1.165) is 12.8 Å². The third-order valence-electron chi connectivity index (χ3n) is 3.16. The molecule has 0 heterocycles. The standard InChI is InChI=1S/C14H17N3O4/c1-8-10(13(19)20)3-2-4-11(8)17-14(21)15-7-12(18)16-9-5-6-9/h2-4,9H,5-7H2,1H3,(H,16,18)(H,19,20)(H2,15,17,21). The second kappa shape index (κ2) is 6.25. The van der Waals surface area contributed by atoms with E-state index in [2.05, 4.69) is 16.0 Å². The van der Waals surface area contributed by atoms with Gasteiger partial charge in [-0.3, -0.25) is 4.79 Å². The number of amides is 3. The van der Waals surface area contributed by atoms with E-state index in [9.17, 15) is 14.4 Å². The summed E-state index contributed by atoms with van der Waals surface area (Å²) in [5.41, 5.74) is 0.983. The summed E-state index contributed by atoms with van der Waals surface area (Å²) in [7, 11) is 0. The second-order valence-corrected chi connectivity index (χ2v) is 4.93. The Bertz CT molecular complexity index is 582. The summed E-state index contributed by atoms with van der Waals surface area (Å²) in [4.78, 5) is 34.1. The number of hydrogen-bond donors (Lipinski definition) is 4. The zero-order valence-electron chi connectivity index (χ0n) is 11.6. The minimum absolute atomic E-state index is 0.111. The van der Waals surface area contributed by atoms with Crippen LogP contribution in [0.1, 0.15) is 28.8 Å². The van der Waals surface area contributed by atoms with E-state index < -0.39 is 12.0 Å². The van der Waals surface area contributed by atoms with Gasteiger partial charge in [-0.05, 0) is 37.5 Å². The molecule has 0 spiro atoms. The summed E-state index contributed by atoms with van der Waals surface area (Å²) in [6.45, 7) is 1.50. The van der Waals surface area contributed by atoms with Crippen LogP contribution in [0.3, 0.4) is 0 Å². The van der Waals surface area contributed by atoms with E-state index in [1.54, 1.807) is 19.1 Å². The number of benzene rings is 1. The number of carbonyl (C=O) groups excluding carboxylic acids is 2. The largest absolute Gasteiger partial charge is 0.478 e. The Morgan fingerprint density at radius 2 is 2.00 bits per heavy atom. The highest BCUT2D eigenvalue weighted by Crippen LogP contribution is 2.19. The molecule has 0 aromatic heterocycles. The summed E-state index contributed by atoms with van der Waals surface area (Å²) in [5.74, 6) is -1.29. The number of rotatable bonds is 5. The first kappa shape index (κ1) is 14.8. The Kier molecular flexibility index (Phi) is 4.42. The van der Waals surface area contributed by atoms with Crippen molar-refractivity contribution in [3.8, 4) is 0 Å². The highest BCUT2D eigenvalue weighted by molar-refractivity contribution is 5.96. The molecule has 4 N–H and O–H groups in total. The molecule has 3 amide bonds.